The number of alkyl halides is 1. The average molecular weight is 698 g/mol. The predicted octanol–water partition coefficient (Wildman–Crippen LogP) is 6.15. The van der Waals surface area contributed by atoms with Crippen LogP contribution in [0.2, 0.25) is 10.0 Å². The molecule has 0 saturated carbocycles. The van der Waals surface area contributed by atoms with Crippen molar-refractivity contribution in [2.45, 2.75) is 77.4 Å². The number of hydrogen-bond acceptors (Lipinski definition) is 8. The van der Waals surface area contributed by atoms with E-state index >= 15 is 0 Å². The quantitative estimate of drug-likeness (QED) is 0.230. The molecule has 48 heavy (non-hydrogen) atoms. The topological polar surface area (TPSA) is 104 Å². The lowest BCUT2D eigenvalue weighted by Gasteiger charge is -2.59. The molecule has 2 fully saturated rings. The van der Waals surface area contributed by atoms with Gasteiger partial charge in [0.25, 0.3) is 0 Å². The number of aromatic nitrogens is 4. The molecule has 1 spiro atoms. The Bertz CT molecular complexity index is 1880. The van der Waals surface area contributed by atoms with E-state index in [0.717, 1.165) is 43.7 Å². The first kappa shape index (κ1) is 32.9. The molecule has 254 valence electrons. The minimum absolute atomic E-state index is 0.154. The van der Waals surface area contributed by atoms with Crippen LogP contribution in [0.25, 0.3) is 22.0 Å². The molecule has 0 radical (unpaired) electrons. The lowest BCUT2D eigenvalue weighted by Crippen LogP contribution is -2.72. The molecule has 0 bridgehead atoms. The Labute approximate surface area is 288 Å². The number of piperidine rings is 1. The Balaban J connectivity index is 1.20. The van der Waals surface area contributed by atoms with E-state index in [9.17, 15) is 14.0 Å². The number of hydrogen-bond donors (Lipinski definition) is 1. The number of benzene rings is 2. The number of rotatable bonds is 7. The zero-order chi connectivity index (χ0) is 34.0. The van der Waals surface area contributed by atoms with Crippen molar-refractivity contribution in [1.82, 2.24) is 24.6 Å². The first-order valence-electron chi connectivity index (χ1n) is 16.4. The highest BCUT2D eigenvalue weighted by atomic mass is 35.5. The maximum Gasteiger partial charge on any atom is 0.337 e. The number of nitrogens with one attached hydrogen (secondary N) is 1. The van der Waals surface area contributed by atoms with E-state index in [1.165, 1.54) is 4.68 Å². The van der Waals surface area contributed by atoms with Gasteiger partial charge in [-0.3, -0.25) is 4.68 Å². The van der Waals surface area contributed by atoms with Crippen molar-refractivity contribution in [3.8, 4) is 11.1 Å². The van der Waals surface area contributed by atoms with Crippen molar-refractivity contribution in [2.75, 3.05) is 31.1 Å². The molecule has 3 aliphatic heterocycles. The van der Waals surface area contributed by atoms with E-state index in [-0.39, 0.29) is 37.0 Å². The van der Waals surface area contributed by atoms with E-state index in [1.807, 2.05) is 45.0 Å². The normalized spacial score (nSPS) is 22.9. The Hall–Kier alpha value is -3.67. The van der Waals surface area contributed by atoms with Crippen LogP contribution in [0.1, 0.15) is 58.0 Å². The minimum Gasteiger partial charge on any atom is -0.464 e. The molecule has 3 aliphatic rings. The first-order chi connectivity index (χ1) is 22.9. The maximum absolute atomic E-state index is 14.3. The second-order valence-electron chi connectivity index (χ2n) is 14.0. The van der Waals surface area contributed by atoms with Gasteiger partial charge in [-0.05, 0) is 70.8 Å². The molecule has 13 heteroatoms. The molecule has 7 rings (SSSR count). The van der Waals surface area contributed by atoms with E-state index in [4.69, 9.17) is 37.8 Å². The Kier molecular flexibility index (Phi) is 8.44. The third-order valence-electron chi connectivity index (χ3n) is 9.55. The van der Waals surface area contributed by atoms with Gasteiger partial charge in [0.1, 0.15) is 23.3 Å². The number of carbonyl (C=O) groups is 2. The monoisotopic (exact) mass is 696 g/mol. The van der Waals surface area contributed by atoms with Crippen LogP contribution < -0.4 is 10.2 Å². The maximum atomic E-state index is 14.3. The zero-order valence-corrected chi connectivity index (χ0v) is 28.9. The van der Waals surface area contributed by atoms with E-state index < -0.39 is 23.8 Å². The fraction of sp³-hybridized carbons (Fsp3) is 0.486. The average Bonchev–Trinajstić information content (AvgIpc) is 3.73. The lowest BCUT2D eigenvalue weighted by molar-refractivity contribution is -0.164. The number of anilines is 1. The van der Waals surface area contributed by atoms with Crippen LogP contribution in [-0.2, 0) is 32.0 Å². The predicted molar refractivity (Wildman–Crippen MR) is 182 cm³/mol. The first-order valence-corrected chi connectivity index (χ1v) is 17.2. The molecule has 2 aromatic carbocycles. The molecule has 0 aliphatic carbocycles. The molecule has 4 aromatic rings. The van der Waals surface area contributed by atoms with Gasteiger partial charge in [0.15, 0.2) is 6.04 Å². The van der Waals surface area contributed by atoms with Gasteiger partial charge in [0.05, 0.1) is 35.2 Å². The summed E-state index contributed by atoms with van der Waals surface area (Å²) in [5.74, 6) is -0.762. The number of ether oxygens (including phenoxy) is 2. The highest BCUT2D eigenvalue weighted by Crippen LogP contribution is 2.47. The van der Waals surface area contributed by atoms with E-state index in [2.05, 4.69) is 15.2 Å². The van der Waals surface area contributed by atoms with Crippen LogP contribution in [0.3, 0.4) is 0 Å². The van der Waals surface area contributed by atoms with Crippen molar-refractivity contribution >= 4 is 51.7 Å². The lowest BCUT2D eigenvalue weighted by atomic mass is 9.66. The summed E-state index contributed by atoms with van der Waals surface area (Å²) in [6.07, 6.45) is 4.30. The van der Waals surface area contributed by atoms with Gasteiger partial charge >= 0.3 is 11.9 Å². The highest BCUT2D eigenvalue weighted by Gasteiger charge is 2.57. The summed E-state index contributed by atoms with van der Waals surface area (Å²) in [4.78, 5) is 33.3. The largest absolute Gasteiger partial charge is 0.464 e. The molecule has 3 unspecified atom stereocenters. The van der Waals surface area contributed by atoms with Gasteiger partial charge in [-0.15, -0.1) is 0 Å². The number of nitrogens with zero attached hydrogens (tertiary/aromatic N) is 5. The number of fused-ring (bicyclic) bond motifs is 2. The molecule has 2 aromatic heterocycles. The van der Waals surface area contributed by atoms with Gasteiger partial charge in [-0.1, -0.05) is 35.3 Å². The van der Waals surface area contributed by atoms with Crippen molar-refractivity contribution in [2.24, 2.45) is 5.41 Å². The second kappa shape index (κ2) is 12.3. The number of halogens is 3. The third-order valence-corrected chi connectivity index (χ3v) is 10.2. The SMILES string of the molecule is CCOC(=O)C(c1ncn2c1C[C@@H](F)C2)n1cc2c(Cl)cc(-c3ccc(N4CC5(CCCNC5)C4C(=O)OC(C)(C)C)cc3)c(Cl)c2n1. The molecule has 10 nitrogen and oxygen atoms in total. The summed E-state index contributed by atoms with van der Waals surface area (Å²) in [7, 11) is 0. The van der Waals surface area contributed by atoms with Crippen LogP contribution in [0, 0.1) is 5.41 Å². The molecule has 5 heterocycles. The van der Waals surface area contributed by atoms with E-state index in [0.29, 0.717) is 37.9 Å². The summed E-state index contributed by atoms with van der Waals surface area (Å²) in [6.45, 7) is 10.2. The van der Waals surface area contributed by atoms with E-state index in [1.54, 1.807) is 30.1 Å². The summed E-state index contributed by atoms with van der Waals surface area (Å²) in [6, 6.07) is 8.24. The molecular weight excluding hydrogens is 658 g/mol. The molecular formula is C35H39Cl2FN6O4. The number of imidazole rings is 1. The van der Waals surface area contributed by atoms with Gasteiger partial charge in [0, 0.05) is 53.5 Å². The number of carbonyl (C=O) groups excluding carboxylic acids is 2. The van der Waals surface area contributed by atoms with Crippen LogP contribution in [-0.4, -0.2) is 75.3 Å². The van der Waals surface area contributed by atoms with Crippen LogP contribution in [0.15, 0.2) is 42.9 Å². The van der Waals surface area contributed by atoms with Gasteiger partial charge in [0.2, 0.25) is 0 Å². The molecule has 4 atom stereocenters. The zero-order valence-electron chi connectivity index (χ0n) is 27.4. The second-order valence-corrected chi connectivity index (χ2v) is 14.8. The standard InChI is InChI=1S/C35H39Cl2FN6O4/c1-5-47-32(45)30(29-26-13-21(38)15-42(26)19-40-29)44-16-24-25(36)14-23(27(37)28(24)41-44)20-7-9-22(10-8-20)43-18-35(11-6-12-39-17-35)31(43)33(46)48-34(2,3)4/h7-10,14,16,19,21,30-31,39H,5-6,11-13,15,17-18H2,1-4H3/t21-,30?,31?,35?/m1/s1. The Morgan fingerprint density at radius 3 is 2.67 bits per heavy atom. The molecule has 2 saturated heterocycles. The minimum atomic E-state index is -1.05. The van der Waals surface area contributed by atoms with Crippen molar-refractivity contribution in [3.63, 3.8) is 0 Å². The van der Waals surface area contributed by atoms with Gasteiger partial charge in [-0.2, -0.15) is 5.10 Å². The van der Waals surface area contributed by atoms with Crippen LogP contribution >= 0.6 is 23.2 Å². The molecule has 1 N–H and O–H groups in total. The van der Waals surface area contributed by atoms with Crippen molar-refractivity contribution in [3.05, 3.63) is 64.3 Å². The summed E-state index contributed by atoms with van der Waals surface area (Å²) < 4.78 is 28.7. The van der Waals surface area contributed by atoms with Crippen LogP contribution in [0.5, 0.6) is 0 Å². The smallest absolute Gasteiger partial charge is 0.337 e. The third kappa shape index (κ3) is 5.73. The number of esters is 2. The molecule has 0 amide bonds. The van der Waals surface area contributed by atoms with Crippen LogP contribution in [0.4, 0.5) is 10.1 Å². The Morgan fingerprint density at radius 2 is 1.98 bits per heavy atom. The van der Waals surface area contributed by atoms with Gasteiger partial charge in [-0.25, -0.2) is 19.0 Å². The summed E-state index contributed by atoms with van der Waals surface area (Å²) in [5, 5.41) is 9.54. The summed E-state index contributed by atoms with van der Waals surface area (Å²) in [5.41, 5.74) is 3.10. The van der Waals surface area contributed by atoms with Crippen molar-refractivity contribution in [1.29, 1.82) is 0 Å². The summed E-state index contributed by atoms with van der Waals surface area (Å²) >= 11 is 13.8. The fourth-order valence-corrected chi connectivity index (χ4v) is 8.00. The highest BCUT2D eigenvalue weighted by molar-refractivity contribution is 6.42. The van der Waals surface area contributed by atoms with Gasteiger partial charge < -0.3 is 24.3 Å². The fourth-order valence-electron chi connectivity index (χ4n) is 7.45. The van der Waals surface area contributed by atoms with Crippen molar-refractivity contribution < 1.29 is 23.5 Å². The Morgan fingerprint density at radius 1 is 1.21 bits per heavy atom.